The average Bonchev–Trinajstić information content (AvgIpc) is 2.79. The molecule has 140 valence electrons. The van der Waals surface area contributed by atoms with Crippen LogP contribution in [0.25, 0.3) is 0 Å². The Morgan fingerprint density at radius 2 is 1.69 bits per heavy atom. The van der Waals surface area contributed by atoms with Crippen molar-refractivity contribution in [1.29, 1.82) is 0 Å². The van der Waals surface area contributed by atoms with Crippen molar-refractivity contribution in [3.05, 3.63) is 66.3 Å². The molecule has 0 amide bonds. The van der Waals surface area contributed by atoms with Gasteiger partial charge in [0.05, 0.1) is 17.9 Å². The summed E-state index contributed by atoms with van der Waals surface area (Å²) in [7, 11) is 0.329. The Morgan fingerprint density at radius 1 is 1.00 bits per heavy atom. The van der Waals surface area contributed by atoms with Crippen molar-refractivity contribution >= 4 is 28.0 Å². The molecular weight excluding hydrogens is 360 g/mol. The molecule has 0 atom stereocenters. The molecule has 0 aliphatic carbocycles. The van der Waals surface area contributed by atoms with E-state index >= 15 is 0 Å². The molecule has 1 aliphatic heterocycles. The Morgan fingerprint density at radius 3 is 2.35 bits per heavy atom. The smallest absolute Gasteiger partial charge is 0.151 e. The fourth-order valence-corrected chi connectivity index (χ4v) is 4.50. The van der Waals surface area contributed by atoms with E-state index in [1.54, 1.807) is 24.3 Å². The van der Waals surface area contributed by atoms with Crippen LogP contribution in [-0.2, 0) is 0 Å². The summed E-state index contributed by atoms with van der Waals surface area (Å²) >= 11 is 0. The lowest BCUT2D eigenvalue weighted by Gasteiger charge is -2.43. The number of hydrogen-bond acceptors (Lipinski definition) is 5. The van der Waals surface area contributed by atoms with Crippen molar-refractivity contribution in [1.82, 2.24) is 4.90 Å². The lowest BCUT2D eigenvalue weighted by Crippen LogP contribution is -2.31. The molecule has 1 heterocycles. The van der Waals surface area contributed by atoms with Gasteiger partial charge in [-0.2, -0.15) is 0 Å². The average molecular weight is 381 g/mol. The third-order valence-electron chi connectivity index (χ3n) is 3.95. The highest BCUT2D eigenvalue weighted by molar-refractivity contribution is 8.27. The minimum atomic E-state index is -3.54. The van der Waals surface area contributed by atoms with Gasteiger partial charge in [-0.1, -0.05) is 24.3 Å². The van der Waals surface area contributed by atoms with Gasteiger partial charge in [0.1, 0.15) is 11.5 Å². The van der Waals surface area contributed by atoms with Gasteiger partial charge in [-0.3, -0.25) is 9.11 Å². The summed E-state index contributed by atoms with van der Waals surface area (Å²) in [6, 6.07) is 9.95. The van der Waals surface area contributed by atoms with Gasteiger partial charge in [-0.05, 0) is 49.3 Å². The highest BCUT2D eigenvalue weighted by Crippen LogP contribution is 2.64. The number of likely N-dealkylation sites (N-methyl/N-ethyl adjacent to an activating group) is 1. The molecule has 26 heavy (non-hydrogen) atoms. The van der Waals surface area contributed by atoms with Gasteiger partial charge < -0.3 is 4.90 Å². The van der Waals surface area contributed by atoms with Crippen LogP contribution in [0.4, 0.5) is 25.8 Å². The molecule has 0 radical (unpaired) electrons. The van der Waals surface area contributed by atoms with Crippen LogP contribution in [0.2, 0.25) is 0 Å². The highest BCUT2D eigenvalue weighted by atomic mass is 32.3. The van der Waals surface area contributed by atoms with Crippen molar-refractivity contribution in [3.8, 4) is 0 Å². The Hall–Kier alpha value is -2.13. The summed E-state index contributed by atoms with van der Waals surface area (Å²) in [6.45, 7) is 0.956. The van der Waals surface area contributed by atoms with E-state index in [1.165, 1.54) is 10.4 Å². The summed E-state index contributed by atoms with van der Waals surface area (Å²) in [4.78, 5) is 1.98. The van der Waals surface area contributed by atoms with E-state index < -0.39 is 22.6 Å². The number of halogens is 2. The van der Waals surface area contributed by atoms with Crippen LogP contribution in [0.3, 0.4) is 0 Å². The predicted octanol–water partition coefficient (Wildman–Crippen LogP) is 4.62. The molecule has 0 bridgehead atoms. The van der Waals surface area contributed by atoms with Crippen molar-refractivity contribution < 1.29 is 17.9 Å². The van der Waals surface area contributed by atoms with E-state index in [2.05, 4.69) is 0 Å². The molecule has 0 spiro atoms. The maximum Gasteiger partial charge on any atom is 0.151 e. The third-order valence-corrected chi connectivity index (χ3v) is 5.77. The maximum absolute atomic E-state index is 14.3. The third kappa shape index (κ3) is 3.41. The summed E-state index contributed by atoms with van der Waals surface area (Å²) in [5.74, 6) is -1.58. The molecular formula is C18H21F2N3O2S. The zero-order valence-corrected chi connectivity index (χ0v) is 15.3. The Labute approximate surface area is 153 Å². The molecule has 0 saturated heterocycles. The molecule has 1 aliphatic rings. The largest absolute Gasteiger partial charge is 0.306 e. The molecule has 0 fully saturated rings. The topological polar surface area (TPSA) is 50.2 Å². The van der Waals surface area contributed by atoms with E-state index in [0.29, 0.717) is 17.9 Å². The number of nitrogens with zero attached hydrogens (tertiary/aromatic N) is 3. The van der Waals surface area contributed by atoms with Gasteiger partial charge in [-0.15, -0.1) is 0 Å². The first-order valence-electron chi connectivity index (χ1n) is 8.02. The van der Waals surface area contributed by atoms with Crippen LogP contribution < -0.4 is 8.61 Å². The summed E-state index contributed by atoms with van der Waals surface area (Å²) in [6.07, 6.45) is 3.74. The molecule has 8 heteroatoms. The van der Waals surface area contributed by atoms with Crippen LogP contribution in [0.1, 0.15) is 0 Å². The van der Waals surface area contributed by atoms with Crippen LogP contribution in [0.15, 0.2) is 54.6 Å². The van der Waals surface area contributed by atoms with Crippen LogP contribution in [0, 0.1) is 11.6 Å². The van der Waals surface area contributed by atoms with Gasteiger partial charge in [-0.25, -0.2) is 17.4 Å². The van der Waals surface area contributed by atoms with Gasteiger partial charge in [0.25, 0.3) is 0 Å². The van der Waals surface area contributed by atoms with Gasteiger partial charge >= 0.3 is 0 Å². The van der Waals surface area contributed by atoms with Crippen LogP contribution in [0.5, 0.6) is 0 Å². The maximum atomic E-state index is 14.3. The monoisotopic (exact) mass is 381 g/mol. The van der Waals surface area contributed by atoms with Crippen LogP contribution in [-0.4, -0.2) is 41.2 Å². The molecule has 0 unspecified atom stereocenters. The van der Waals surface area contributed by atoms with E-state index in [-0.39, 0.29) is 12.2 Å². The lowest BCUT2D eigenvalue weighted by atomic mass is 10.2. The minimum absolute atomic E-state index is 0.0846. The molecule has 0 aromatic heterocycles. The quantitative estimate of drug-likeness (QED) is 0.740. The number of anilines is 3. The summed E-state index contributed by atoms with van der Waals surface area (Å²) in [5.41, 5.74) is 0.948. The fraction of sp³-hybridized carbons (Fsp3) is 0.222. The van der Waals surface area contributed by atoms with E-state index in [4.69, 9.17) is 0 Å². The number of para-hydroxylation sites is 2. The standard InChI is InChI=1S/C18H21F2N3O2S/c1-21(2)11-5-6-12-22-17-7-3-4-8-18(17)23(26(22,24)25)16-10-9-14(19)13-15(16)20/h3-10,13,24-25H,11-12H2,1-2H3. The number of hydrogen-bond donors (Lipinski definition) is 2. The first-order valence-corrected chi connectivity index (χ1v) is 9.48. The minimum Gasteiger partial charge on any atom is -0.306 e. The van der Waals surface area contributed by atoms with E-state index in [1.807, 2.05) is 31.1 Å². The summed E-state index contributed by atoms with van der Waals surface area (Å²) in [5, 5.41) is 0. The zero-order valence-electron chi connectivity index (χ0n) is 14.5. The van der Waals surface area contributed by atoms with Crippen LogP contribution >= 0.6 is 11.0 Å². The van der Waals surface area contributed by atoms with Gasteiger partial charge in [0.2, 0.25) is 0 Å². The van der Waals surface area contributed by atoms with Gasteiger partial charge in [0.15, 0.2) is 5.82 Å². The molecule has 2 aromatic carbocycles. The highest BCUT2D eigenvalue weighted by Gasteiger charge is 2.42. The lowest BCUT2D eigenvalue weighted by molar-refractivity contribution is 0.456. The van der Waals surface area contributed by atoms with E-state index in [0.717, 1.165) is 16.4 Å². The second-order valence-electron chi connectivity index (χ2n) is 6.16. The number of fused-ring (bicyclic) bond motifs is 1. The molecule has 0 saturated carbocycles. The van der Waals surface area contributed by atoms with Crippen molar-refractivity contribution in [2.45, 2.75) is 0 Å². The van der Waals surface area contributed by atoms with Gasteiger partial charge in [0, 0.05) is 12.6 Å². The fourth-order valence-electron chi connectivity index (χ4n) is 2.77. The second kappa shape index (κ2) is 7.24. The van der Waals surface area contributed by atoms with Crippen molar-refractivity contribution in [2.24, 2.45) is 0 Å². The molecule has 5 nitrogen and oxygen atoms in total. The van der Waals surface area contributed by atoms with Crippen molar-refractivity contribution in [3.63, 3.8) is 0 Å². The molecule has 2 N–H and O–H groups in total. The molecule has 2 aromatic rings. The summed E-state index contributed by atoms with van der Waals surface area (Å²) < 4.78 is 51.9. The Bertz CT molecular complexity index is 830. The Balaban J connectivity index is 2.00. The van der Waals surface area contributed by atoms with E-state index in [9.17, 15) is 17.9 Å². The zero-order chi connectivity index (χ0) is 18.9. The normalized spacial score (nSPS) is 17.2. The SMILES string of the molecule is CN(C)CC=CCN1c2ccccc2N(c2ccc(F)cc2F)S1(O)O. The van der Waals surface area contributed by atoms with Crippen molar-refractivity contribution in [2.75, 3.05) is 35.8 Å². The number of rotatable bonds is 5. The first kappa shape index (κ1) is 18.7. The second-order valence-corrected chi connectivity index (χ2v) is 7.95. The first-order chi connectivity index (χ1) is 12.3. The Kier molecular flexibility index (Phi) is 5.19. The number of benzene rings is 2. The molecule has 3 rings (SSSR count). The predicted molar refractivity (Wildman–Crippen MR) is 103 cm³/mol.